The number of nitrogens with one attached hydrogen (secondary N) is 2. The molecule has 0 saturated carbocycles. The molecule has 3 aromatic rings. The number of benzene rings is 2. The van der Waals surface area contributed by atoms with Crippen molar-refractivity contribution in [2.24, 2.45) is 5.92 Å². The van der Waals surface area contributed by atoms with E-state index in [1.54, 1.807) is 13.8 Å². The maximum absolute atomic E-state index is 13.3. The highest BCUT2D eigenvalue weighted by Gasteiger charge is 2.35. The highest BCUT2D eigenvalue weighted by molar-refractivity contribution is 7.90. The summed E-state index contributed by atoms with van der Waals surface area (Å²) in [6.45, 7) is 11.6. The minimum absolute atomic E-state index is 0.0153. The molecule has 1 saturated heterocycles. The van der Waals surface area contributed by atoms with E-state index in [0.29, 0.717) is 24.1 Å². The molecule has 2 aromatic carbocycles. The molecule has 3 heterocycles. The van der Waals surface area contributed by atoms with Crippen LogP contribution in [0.5, 0.6) is 0 Å². The maximum Gasteiger partial charge on any atom is 0.264 e. The lowest BCUT2D eigenvalue weighted by Gasteiger charge is -2.41. The molecule has 2 N–H and O–H groups in total. The number of aryl methyl sites for hydroxylation is 2. The third-order valence-electron chi connectivity index (χ3n) is 7.95. The van der Waals surface area contributed by atoms with Crippen LogP contribution in [-0.2, 0) is 27.9 Å². The van der Waals surface area contributed by atoms with E-state index in [4.69, 9.17) is 4.98 Å². The van der Waals surface area contributed by atoms with Gasteiger partial charge in [0, 0.05) is 60.6 Å². The molecule has 0 spiro atoms. The number of rotatable bonds is 7. The van der Waals surface area contributed by atoms with Crippen LogP contribution in [-0.4, -0.2) is 58.6 Å². The summed E-state index contributed by atoms with van der Waals surface area (Å²) in [4.78, 5) is 38.8. The van der Waals surface area contributed by atoms with Crippen LogP contribution in [0, 0.1) is 19.8 Å². The molecule has 42 heavy (non-hydrogen) atoms. The van der Waals surface area contributed by atoms with Gasteiger partial charge in [-0.3, -0.25) is 14.5 Å². The topological polar surface area (TPSA) is 125 Å². The highest BCUT2D eigenvalue weighted by Crippen LogP contribution is 2.31. The molecule has 2 atom stereocenters. The molecule has 0 radical (unpaired) electrons. The molecule has 1 aromatic heterocycles. The average Bonchev–Trinajstić information content (AvgIpc) is 3.35. The minimum atomic E-state index is -3.99. The second-order valence-corrected chi connectivity index (χ2v) is 13.4. The SMILES string of the molecule is Cc1cc(C)cc(Nc2ncc3c(n2)CN([C@H]2CCN(C(=O)c4ccc(S(=O)(=O)NC(=O)C(C)C)cc4)[C@@H](C)C2)C3)c1. The zero-order chi connectivity index (χ0) is 30.2. The number of hydrogen-bond acceptors (Lipinski definition) is 8. The zero-order valence-corrected chi connectivity index (χ0v) is 25.5. The maximum atomic E-state index is 13.3. The fourth-order valence-corrected chi connectivity index (χ4v) is 6.82. The second-order valence-electron chi connectivity index (χ2n) is 11.7. The van der Waals surface area contributed by atoms with Crippen LogP contribution in [0.1, 0.15) is 66.4 Å². The number of nitrogens with zero attached hydrogens (tertiary/aromatic N) is 4. The van der Waals surface area contributed by atoms with Crippen molar-refractivity contribution in [2.45, 2.75) is 77.5 Å². The minimum Gasteiger partial charge on any atom is -0.336 e. The van der Waals surface area contributed by atoms with Crippen LogP contribution in [0.15, 0.2) is 53.6 Å². The molecule has 222 valence electrons. The number of carbonyl (C=O) groups excluding carboxylic acids is 2. The van der Waals surface area contributed by atoms with Crippen LogP contribution in [0.4, 0.5) is 11.6 Å². The fraction of sp³-hybridized carbons (Fsp3) is 0.419. The van der Waals surface area contributed by atoms with Crippen molar-refractivity contribution in [1.82, 2.24) is 24.5 Å². The van der Waals surface area contributed by atoms with Gasteiger partial charge in [0.25, 0.3) is 15.9 Å². The van der Waals surface area contributed by atoms with Crippen molar-refractivity contribution in [1.29, 1.82) is 0 Å². The van der Waals surface area contributed by atoms with Crippen molar-refractivity contribution in [3.8, 4) is 0 Å². The largest absolute Gasteiger partial charge is 0.336 e. The lowest BCUT2D eigenvalue weighted by atomic mass is 9.96. The van der Waals surface area contributed by atoms with Gasteiger partial charge in [-0.2, -0.15) is 0 Å². The Morgan fingerprint density at radius 1 is 1.02 bits per heavy atom. The van der Waals surface area contributed by atoms with E-state index in [1.165, 1.54) is 35.4 Å². The first-order valence-electron chi connectivity index (χ1n) is 14.3. The molecule has 10 nitrogen and oxygen atoms in total. The molecular weight excluding hydrogens is 552 g/mol. The van der Waals surface area contributed by atoms with Gasteiger partial charge in [0.1, 0.15) is 0 Å². The summed E-state index contributed by atoms with van der Waals surface area (Å²) in [6, 6.07) is 12.4. The Bertz CT molecular complexity index is 1590. The van der Waals surface area contributed by atoms with Gasteiger partial charge in [-0.1, -0.05) is 19.9 Å². The zero-order valence-electron chi connectivity index (χ0n) is 24.7. The Labute approximate surface area is 247 Å². The molecule has 0 bridgehead atoms. The first-order chi connectivity index (χ1) is 19.9. The number of piperidine rings is 1. The normalized spacial score (nSPS) is 19.0. The van der Waals surface area contributed by atoms with Gasteiger partial charge in [0.2, 0.25) is 11.9 Å². The van der Waals surface area contributed by atoms with Crippen molar-refractivity contribution >= 4 is 33.5 Å². The summed E-state index contributed by atoms with van der Waals surface area (Å²) in [6.07, 6.45) is 3.57. The Kier molecular flexibility index (Phi) is 8.34. The molecule has 2 aliphatic heterocycles. The molecule has 0 unspecified atom stereocenters. The molecule has 2 aliphatic rings. The van der Waals surface area contributed by atoms with E-state index < -0.39 is 21.8 Å². The highest BCUT2D eigenvalue weighted by atomic mass is 32.2. The molecule has 5 rings (SSSR count). The van der Waals surface area contributed by atoms with Crippen LogP contribution < -0.4 is 10.0 Å². The van der Waals surface area contributed by atoms with E-state index in [0.717, 1.165) is 42.9 Å². The lowest BCUT2D eigenvalue weighted by Crippen LogP contribution is -2.50. The van der Waals surface area contributed by atoms with Crippen molar-refractivity contribution in [3.63, 3.8) is 0 Å². The number of aromatic nitrogens is 2. The van der Waals surface area contributed by atoms with E-state index in [1.807, 2.05) is 11.1 Å². The Hall–Kier alpha value is -3.83. The monoisotopic (exact) mass is 590 g/mol. The quantitative estimate of drug-likeness (QED) is 0.417. The van der Waals surface area contributed by atoms with E-state index in [-0.39, 0.29) is 16.8 Å². The number of anilines is 2. The van der Waals surface area contributed by atoms with E-state index in [9.17, 15) is 18.0 Å². The Balaban J connectivity index is 1.19. The van der Waals surface area contributed by atoms with Crippen molar-refractivity contribution in [3.05, 3.63) is 76.6 Å². The standard InChI is InChI=1S/C31H38N6O4S/c1-19(2)29(38)35-42(40,41)27-8-6-23(7-9-27)30(39)37-11-10-26(15-22(37)5)36-17-24-16-32-31(34-28(24)18-36)33-25-13-20(3)12-21(4)14-25/h6-9,12-14,16,19,22,26H,10-11,15,17-18H2,1-5H3,(H,35,38)(H,32,33,34)/t22-,26-/m0/s1. The summed E-state index contributed by atoms with van der Waals surface area (Å²) in [7, 11) is -3.99. The Morgan fingerprint density at radius 3 is 2.36 bits per heavy atom. The van der Waals surface area contributed by atoms with Crippen LogP contribution in [0.2, 0.25) is 0 Å². The van der Waals surface area contributed by atoms with Gasteiger partial charge in [-0.05, 0) is 81.1 Å². The number of amides is 2. The van der Waals surface area contributed by atoms with Gasteiger partial charge in [-0.25, -0.2) is 23.1 Å². The van der Waals surface area contributed by atoms with Gasteiger partial charge in [0.05, 0.1) is 10.6 Å². The van der Waals surface area contributed by atoms with Crippen molar-refractivity contribution < 1.29 is 18.0 Å². The second kappa shape index (κ2) is 11.8. The number of hydrogen-bond donors (Lipinski definition) is 2. The van der Waals surface area contributed by atoms with Crippen LogP contribution in [0.3, 0.4) is 0 Å². The van der Waals surface area contributed by atoms with Gasteiger partial charge in [-0.15, -0.1) is 0 Å². The van der Waals surface area contributed by atoms with Crippen LogP contribution >= 0.6 is 0 Å². The summed E-state index contributed by atoms with van der Waals surface area (Å²) < 4.78 is 27.1. The summed E-state index contributed by atoms with van der Waals surface area (Å²) in [5.41, 5.74) is 5.92. The molecule has 1 fully saturated rings. The average molecular weight is 591 g/mol. The summed E-state index contributed by atoms with van der Waals surface area (Å²) >= 11 is 0. The first kappa shape index (κ1) is 29.7. The smallest absolute Gasteiger partial charge is 0.264 e. The fourth-order valence-electron chi connectivity index (χ4n) is 5.70. The third-order valence-corrected chi connectivity index (χ3v) is 9.32. The third kappa shape index (κ3) is 6.47. The van der Waals surface area contributed by atoms with Crippen molar-refractivity contribution in [2.75, 3.05) is 11.9 Å². The van der Waals surface area contributed by atoms with E-state index in [2.05, 4.69) is 58.9 Å². The van der Waals surface area contributed by atoms with Gasteiger partial charge in [0.15, 0.2) is 0 Å². The number of fused-ring (bicyclic) bond motifs is 1. The van der Waals surface area contributed by atoms with Crippen LogP contribution in [0.25, 0.3) is 0 Å². The number of sulfonamides is 1. The predicted molar refractivity (Wildman–Crippen MR) is 161 cm³/mol. The predicted octanol–water partition coefficient (Wildman–Crippen LogP) is 4.31. The molecule has 2 amide bonds. The first-order valence-corrected chi connectivity index (χ1v) is 15.8. The lowest BCUT2D eigenvalue weighted by molar-refractivity contribution is -0.122. The number of likely N-dealkylation sites (tertiary alicyclic amines) is 1. The van der Waals surface area contributed by atoms with E-state index >= 15 is 0 Å². The molecular formula is C31H38N6O4S. The molecule has 0 aliphatic carbocycles. The Morgan fingerprint density at radius 2 is 1.71 bits per heavy atom. The summed E-state index contributed by atoms with van der Waals surface area (Å²) in [5, 5.41) is 3.34. The van der Waals surface area contributed by atoms with Gasteiger partial charge < -0.3 is 10.2 Å². The molecule has 11 heteroatoms. The summed E-state index contributed by atoms with van der Waals surface area (Å²) in [5.74, 6) is -0.575. The van der Waals surface area contributed by atoms with Gasteiger partial charge >= 0.3 is 0 Å². The number of carbonyl (C=O) groups is 2.